The first-order chi connectivity index (χ1) is 13.8. The van der Waals surface area contributed by atoms with E-state index in [-0.39, 0.29) is 41.7 Å². The van der Waals surface area contributed by atoms with Gasteiger partial charge < -0.3 is 5.32 Å². The fraction of sp³-hybridized carbons (Fsp3) is 0.708. The second kappa shape index (κ2) is 6.48. The van der Waals surface area contributed by atoms with Crippen LogP contribution in [0.15, 0.2) is 24.5 Å². The number of nitrogens with zero attached hydrogens (tertiary/aromatic N) is 1. The van der Waals surface area contributed by atoms with Crippen LogP contribution in [0.2, 0.25) is 0 Å². The maximum atomic E-state index is 13.6. The first kappa shape index (κ1) is 17.3. The molecule has 0 aromatic carbocycles. The number of aromatic nitrogens is 1. The molecule has 4 heteroatoms. The largest absolute Gasteiger partial charge is 0.309 e. The number of hydrogen-bond acceptors (Lipinski definition) is 4. The molecule has 6 rings (SSSR count). The van der Waals surface area contributed by atoms with Crippen LogP contribution >= 0.6 is 0 Å². The average molecular weight is 379 g/mol. The fourth-order valence-electron chi connectivity index (χ4n) is 7.95. The molecule has 0 radical (unpaired) electrons. The maximum absolute atomic E-state index is 13.6. The summed E-state index contributed by atoms with van der Waals surface area (Å²) in [6.07, 6.45) is 13.0. The number of Topliss-reactive ketones (excluding diaryl/α,β-unsaturated/α-hetero) is 2. The van der Waals surface area contributed by atoms with Crippen molar-refractivity contribution in [3.05, 3.63) is 30.1 Å². The number of ketones is 2. The van der Waals surface area contributed by atoms with Gasteiger partial charge in [-0.15, -0.1) is 0 Å². The third-order valence-electron chi connectivity index (χ3n) is 8.95. The monoisotopic (exact) mass is 378 g/mol. The van der Waals surface area contributed by atoms with Crippen molar-refractivity contribution in [2.45, 2.75) is 69.4 Å². The van der Waals surface area contributed by atoms with Crippen molar-refractivity contribution in [1.29, 1.82) is 0 Å². The first-order valence-corrected chi connectivity index (χ1v) is 11.5. The van der Waals surface area contributed by atoms with Crippen LogP contribution in [0.25, 0.3) is 0 Å². The quantitative estimate of drug-likeness (QED) is 0.812. The SMILES string of the molecule is O=C1C2CCCCC2C2NC3C4CCCCC4C(=O)C3C(c3cccnc3)C12. The molecule has 1 aromatic rings. The third kappa shape index (κ3) is 2.30. The summed E-state index contributed by atoms with van der Waals surface area (Å²) in [5.41, 5.74) is 1.12. The van der Waals surface area contributed by atoms with E-state index >= 15 is 0 Å². The zero-order chi connectivity index (χ0) is 18.8. The third-order valence-corrected chi connectivity index (χ3v) is 8.95. The van der Waals surface area contributed by atoms with Gasteiger partial charge in [-0.2, -0.15) is 0 Å². The van der Waals surface area contributed by atoms with E-state index in [1.54, 1.807) is 6.20 Å². The number of carbonyl (C=O) groups excluding carboxylic acids is 2. The fourth-order valence-corrected chi connectivity index (χ4v) is 7.95. The molecule has 1 N–H and O–H groups in total. The lowest BCUT2D eigenvalue weighted by Gasteiger charge is -2.45. The van der Waals surface area contributed by atoms with E-state index in [4.69, 9.17) is 0 Å². The van der Waals surface area contributed by atoms with Gasteiger partial charge in [-0.3, -0.25) is 14.6 Å². The molecule has 4 saturated carbocycles. The first-order valence-electron chi connectivity index (χ1n) is 11.5. The molecule has 28 heavy (non-hydrogen) atoms. The number of fused-ring (bicyclic) bond motifs is 6. The van der Waals surface area contributed by atoms with Gasteiger partial charge in [0.1, 0.15) is 11.6 Å². The second-order valence-corrected chi connectivity index (χ2v) is 10.00. The molecule has 5 fully saturated rings. The summed E-state index contributed by atoms with van der Waals surface area (Å²) in [6, 6.07) is 4.61. The Morgan fingerprint density at radius 3 is 1.89 bits per heavy atom. The standard InChI is InChI=1S/C24H30N2O2/c27-23-16-9-3-1-7-14(16)21-19(23)18(13-6-5-11-25-12-13)20-22(26-21)15-8-2-4-10-17(15)24(20)28/h5-6,11-12,14-22,26H,1-4,7-10H2. The van der Waals surface area contributed by atoms with Crippen LogP contribution < -0.4 is 5.32 Å². The zero-order valence-corrected chi connectivity index (χ0v) is 16.4. The van der Waals surface area contributed by atoms with Crippen molar-refractivity contribution < 1.29 is 9.59 Å². The summed E-state index contributed by atoms with van der Waals surface area (Å²) in [5, 5.41) is 3.97. The van der Waals surface area contributed by atoms with E-state index in [1.807, 2.05) is 12.3 Å². The number of nitrogens with one attached hydrogen (secondary N) is 1. The summed E-state index contributed by atoms with van der Waals surface area (Å²) >= 11 is 0. The van der Waals surface area contributed by atoms with Crippen molar-refractivity contribution in [2.24, 2.45) is 35.5 Å². The Kier molecular flexibility index (Phi) is 4.01. The highest BCUT2D eigenvalue weighted by Crippen LogP contribution is 2.58. The highest BCUT2D eigenvalue weighted by Gasteiger charge is 2.64. The minimum absolute atomic E-state index is 0.0288. The molecule has 1 aromatic heterocycles. The molecule has 5 aliphatic rings. The van der Waals surface area contributed by atoms with Crippen LogP contribution in [0.3, 0.4) is 0 Å². The number of piperidine rings is 1. The van der Waals surface area contributed by atoms with Crippen molar-refractivity contribution >= 4 is 11.6 Å². The molecule has 2 heterocycles. The Hall–Kier alpha value is -1.55. The van der Waals surface area contributed by atoms with Gasteiger partial charge in [-0.05, 0) is 49.1 Å². The molecule has 8 unspecified atom stereocenters. The Bertz CT molecular complexity index is 747. The van der Waals surface area contributed by atoms with Crippen molar-refractivity contribution in [1.82, 2.24) is 10.3 Å². The van der Waals surface area contributed by atoms with E-state index in [0.717, 1.165) is 18.4 Å². The van der Waals surface area contributed by atoms with Crippen molar-refractivity contribution in [2.75, 3.05) is 0 Å². The Labute approximate surface area is 166 Å². The van der Waals surface area contributed by atoms with E-state index in [9.17, 15) is 9.59 Å². The second-order valence-electron chi connectivity index (χ2n) is 10.00. The highest BCUT2D eigenvalue weighted by molar-refractivity contribution is 5.93. The van der Waals surface area contributed by atoms with Gasteiger partial charge in [-0.1, -0.05) is 31.7 Å². The van der Waals surface area contributed by atoms with Gasteiger partial charge in [0.05, 0.1) is 0 Å². The van der Waals surface area contributed by atoms with E-state index in [0.29, 0.717) is 23.4 Å². The van der Waals surface area contributed by atoms with E-state index in [1.165, 1.54) is 38.5 Å². The Morgan fingerprint density at radius 2 is 1.36 bits per heavy atom. The maximum Gasteiger partial charge on any atom is 0.141 e. The van der Waals surface area contributed by atoms with E-state index < -0.39 is 0 Å². The molecule has 4 aliphatic carbocycles. The predicted octanol–water partition coefficient (Wildman–Crippen LogP) is 3.52. The normalized spacial score (nSPS) is 47.2. The molecule has 0 bridgehead atoms. The molecule has 0 spiro atoms. The highest BCUT2D eigenvalue weighted by atomic mass is 16.1. The number of hydrogen-bond donors (Lipinski definition) is 1. The number of carbonyl (C=O) groups is 2. The topological polar surface area (TPSA) is 59.1 Å². The number of pyridine rings is 1. The zero-order valence-electron chi connectivity index (χ0n) is 16.4. The summed E-state index contributed by atoms with van der Waals surface area (Å²) in [6.45, 7) is 0. The van der Waals surface area contributed by atoms with Gasteiger partial charge in [0.25, 0.3) is 0 Å². The number of rotatable bonds is 1. The van der Waals surface area contributed by atoms with Gasteiger partial charge in [0, 0.05) is 54.1 Å². The lowest BCUT2D eigenvalue weighted by molar-refractivity contribution is -0.129. The molecule has 0 amide bonds. The van der Waals surface area contributed by atoms with Crippen LogP contribution in [-0.4, -0.2) is 28.6 Å². The van der Waals surface area contributed by atoms with Crippen molar-refractivity contribution in [3.8, 4) is 0 Å². The predicted molar refractivity (Wildman–Crippen MR) is 106 cm³/mol. The smallest absolute Gasteiger partial charge is 0.141 e. The van der Waals surface area contributed by atoms with Crippen LogP contribution in [0, 0.1) is 35.5 Å². The van der Waals surface area contributed by atoms with Crippen molar-refractivity contribution in [3.63, 3.8) is 0 Å². The van der Waals surface area contributed by atoms with Crippen LogP contribution in [0.4, 0.5) is 0 Å². The van der Waals surface area contributed by atoms with Crippen LogP contribution in [0.1, 0.15) is 62.8 Å². The van der Waals surface area contributed by atoms with Gasteiger partial charge in [-0.25, -0.2) is 0 Å². The minimum Gasteiger partial charge on any atom is -0.309 e. The molecular formula is C24H30N2O2. The van der Waals surface area contributed by atoms with Gasteiger partial charge in [0.15, 0.2) is 0 Å². The minimum atomic E-state index is -0.0392. The summed E-state index contributed by atoms with van der Waals surface area (Å²) in [4.78, 5) is 31.6. The van der Waals surface area contributed by atoms with Crippen LogP contribution in [-0.2, 0) is 9.59 Å². The summed E-state index contributed by atoms with van der Waals surface area (Å²) in [5.74, 6) is 2.21. The molecule has 1 saturated heterocycles. The summed E-state index contributed by atoms with van der Waals surface area (Å²) in [7, 11) is 0. The summed E-state index contributed by atoms with van der Waals surface area (Å²) < 4.78 is 0. The lowest BCUT2D eigenvalue weighted by atomic mass is 9.67. The molecule has 1 aliphatic heterocycles. The molecule has 148 valence electrons. The lowest BCUT2D eigenvalue weighted by Crippen LogP contribution is -2.58. The Morgan fingerprint density at radius 1 is 0.786 bits per heavy atom. The molecular weight excluding hydrogens is 348 g/mol. The average Bonchev–Trinajstić information content (AvgIpc) is 3.20. The van der Waals surface area contributed by atoms with Crippen LogP contribution in [0.5, 0.6) is 0 Å². The van der Waals surface area contributed by atoms with Gasteiger partial charge in [0.2, 0.25) is 0 Å². The van der Waals surface area contributed by atoms with E-state index in [2.05, 4.69) is 16.4 Å². The van der Waals surface area contributed by atoms with Gasteiger partial charge >= 0.3 is 0 Å². The molecule has 8 atom stereocenters. The Balaban J connectivity index is 1.47. The molecule has 4 nitrogen and oxygen atoms in total.